The Labute approximate surface area is 163 Å². The predicted octanol–water partition coefficient (Wildman–Crippen LogP) is 1.12. The number of fused-ring (bicyclic) bond motifs is 6. The Hall–Kier alpha value is -2.90. The third kappa shape index (κ3) is 2.58. The average molecular weight is 380 g/mol. The minimum atomic E-state index is -0.278. The molecule has 1 amide bonds. The van der Waals surface area contributed by atoms with Crippen LogP contribution >= 0.6 is 0 Å². The second-order valence-corrected chi connectivity index (χ2v) is 8.19. The average Bonchev–Trinajstić information content (AvgIpc) is 3.27. The quantitative estimate of drug-likeness (QED) is 0.782. The van der Waals surface area contributed by atoms with Crippen LogP contribution in [-0.4, -0.2) is 57.2 Å². The number of anilines is 1. The highest BCUT2D eigenvalue weighted by Gasteiger charge is 2.35. The van der Waals surface area contributed by atoms with Gasteiger partial charge < -0.3 is 4.90 Å². The van der Waals surface area contributed by atoms with Crippen LogP contribution in [0.2, 0.25) is 0 Å². The Morgan fingerprint density at radius 2 is 1.93 bits per heavy atom. The molecule has 0 N–H and O–H groups in total. The zero-order chi connectivity index (χ0) is 19.4. The fraction of sp³-hybridized carbons (Fsp3) is 0.500. The molecule has 0 unspecified atom stereocenters. The monoisotopic (exact) mass is 380 g/mol. The van der Waals surface area contributed by atoms with Crippen LogP contribution in [0.5, 0.6) is 0 Å². The van der Waals surface area contributed by atoms with Crippen molar-refractivity contribution in [3.63, 3.8) is 0 Å². The molecule has 0 radical (unpaired) electrons. The van der Waals surface area contributed by atoms with Gasteiger partial charge in [0.2, 0.25) is 11.9 Å². The molecule has 3 aliphatic heterocycles. The van der Waals surface area contributed by atoms with E-state index in [0.717, 1.165) is 36.6 Å². The van der Waals surface area contributed by atoms with Crippen molar-refractivity contribution in [2.24, 2.45) is 16.8 Å². The highest BCUT2D eigenvalue weighted by Crippen LogP contribution is 2.29. The smallest absolute Gasteiger partial charge is 0.341 e. The Morgan fingerprint density at radius 1 is 1.18 bits per heavy atom. The maximum Gasteiger partial charge on any atom is 0.352 e. The summed E-state index contributed by atoms with van der Waals surface area (Å²) in [4.78, 5) is 34.4. The molecule has 0 saturated carbocycles. The van der Waals surface area contributed by atoms with Gasteiger partial charge in [0.05, 0.1) is 12.2 Å². The van der Waals surface area contributed by atoms with Crippen LogP contribution in [0.3, 0.4) is 0 Å². The fourth-order valence-electron chi connectivity index (χ4n) is 4.71. The largest absolute Gasteiger partial charge is 0.352 e. The first-order valence-corrected chi connectivity index (χ1v) is 9.92. The molecule has 1 fully saturated rings. The summed E-state index contributed by atoms with van der Waals surface area (Å²) in [6.07, 6.45) is 1.14. The van der Waals surface area contributed by atoms with Crippen molar-refractivity contribution in [1.29, 1.82) is 0 Å². The molecular weight excluding hydrogens is 356 g/mol. The number of hydrogen-bond acceptors (Lipinski definition) is 5. The SMILES string of the molecule is C[C@@H]1C[C@@H](C)CN(C(=O)Cn2nc3n(c2=O)-c2ccccc2C2=NCCN23)C1. The summed E-state index contributed by atoms with van der Waals surface area (Å²) >= 11 is 0. The standard InChI is InChI=1S/C20H24N6O2/c1-13-9-14(2)11-23(10-13)17(27)12-25-20(28)26-16-6-4-3-5-15(16)18-21-7-8-24(18)19(26)22-25/h3-6,13-14H,7-12H2,1-2H3/t13-,14-/m1/s1. The zero-order valence-electron chi connectivity index (χ0n) is 16.2. The second-order valence-electron chi connectivity index (χ2n) is 8.19. The number of nitrogens with zero attached hydrogens (tertiary/aromatic N) is 6. The summed E-state index contributed by atoms with van der Waals surface area (Å²) in [5, 5.41) is 4.53. The number of amidine groups is 1. The molecule has 0 bridgehead atoms. The van der Waals surface area contributed by atoms with Crippen LogP contribution in [0, 0.1) is 11.8 Å². The summed E-state index contributed by atoms with van der Waals surface area (Å²) in [7, 11) is 0. The number of rotatable bonds is 2. The van der Waals surface area contributed by atoms with E-state index in [9.17, 15) is 9.59 Å². The molecule has 1 saturated heterocycles. The van der Waals surface area contributed by atoms with E-state index in [1.807, 2.05) is 34.1 Å². The van der Waals surface area contributed by atoms with Crippen LogP contribution in [-0.2, 0) is 11.3 Å². The highest BCUT2D eigenvalue weighted by molar-refractivity contribution is 6.14. The van der Waals surface area contributed by atoms with E-state index in [1.165, 1.54) is 4.68 Å². The molecule has 146 valence electrons. The van der Waals surface area contributed by atoms with E-state index < -0.39 is 0 Å². The van der Waals surface area contributed by atoms with Crippen molar-refractivity contribution >= 4 is 17.7 Å². The number of likely N-dealkylation sites (tertiary alicyclic amines) is 1. The number of carbonyl (C=O) groups is 1. The first-order valence-electron chi connectivity index (χ1n) is 9.92. The van der Waals surface area contributed by atoms with Gasteiger partial charge in [0.1, 0.15) is 12.4 Å². The lowest BCUT2D eigenvalue weighted by Gasteiger charge is -2.34. The first-order chi connectivity index (χ1) is 13.5. The van der Waals surface area contributed by atoms with E-state index in [2.05, 4.69) is 23.9 Å². The van der Waals surface area contributed by atoms with E-state index in [1.54, 1.807) is 4.57 Å². The third-order valence-corrected chi connectivity index (χ3v) is 5.80. The summed E-state index contributed by atoms with van der Waals surface area (Å²) in [6.45, 7) is 7.17. The molecule has 8 heteroatoms. The molecule has 1 aromatic carbocycles. The number of aliphatic imine (C=N–C) groups is 1. The Bertz CT molecular complexity index is 1030. The van der Waals surface area contributed by atoms with Gasteiger partial charge in [0.25, 0.3) is 0 Å². The molecule has 3 aliphatic rings. The van der Waals surface area contributed by atoms with Gasteiger partial charge in [-0.2, -0.15) is 0 Å². The van der Waals surface area contributed by atoms with Crippen LogP contribution in [0.25, 0.3) is 5.69 Å². The summed E-state index contributed by atoms with van der Waals surface area (Å²) in [6, 6.07) is 7.72. The lowest BCUT2D eigenvalue weighted by atomic mass is 9.92. The lowest BCUT2D eigenvalue weighted by molar-refractivity contribution is -0.134. The van der Waals surface area contributed by atoms with E-state index in [-0.39, 0.29) is 18.1 Å². The molecular formula is C20H24N6O2. The second kappa shape index (κ2) is 6.32. The van der Waals surface area contributed by atoms with Gasteiger partial charge in [0, 0.05) is 25.2 Å². The van der Waals surface area contributed by atoms with Gasteiger partial charge in [-0.1, -0.05) is 26.0 Å². The predicted molar refractivity (Wildman–Crippen MR) is 106 cm³/mol. The summed E-state index contributed by atoms with van der Waals surface area (Å²) in [5.74, 6) is 2.32. The van der Waals surface area contributed by atoms with Crippen LogP contribution in [0.4, 0.5) is 5.95 Å². The molecule has 2 atom stereocenters. The number of hydrogen-bond donors (Lipinski definition) is 0. The number of piperidine rings is 1. The number of benzene rings is 1. The van der Waals surface area contributed by atoms with Gasteiger partial charge in [-0.15, -0.1) is 5.10 Å². The van der Waals surface area contributed by atoms with E-state index in [4.69, 9.17) is 0 Å². The van der Waals surface area contributed by atoms with Crippen molar-refractivity contribution in [2.45, 2.75) is 26.8 Å². The molecule has 2 aromatic rings. The summed E-state index contributed by atoms with van der Waals surface area (Å²) < 4.78 is 2.91. The molecule has 0 aliphatic carbocycles. The zero-order valence-corrected chi connectivity index (χ0v) is 16.2. The van der Waals surface area contributed by atoms with Gasteiger partial charge in [-0.3, -0.25) is 14.7 Å². The topological polar surface area (TPSA) is 75.7 Å². The van der Waals surface area contributed by atoms with Gasteiger partial charge in [-0.05, 0) is 30.4 Å². The van der Waals surface area contributed by atoms with Gasteiger partial charge in [0.15, 0.2) is 0 Å². The highest BCUT2D eigenvalue weighted by atomic mass is 16.2. The minimum Gasteiger partial charge on any atom is -0.341 e. The molecule has 4 heterocycles. The van der Waals surface area contributed by atoms with Crippen LogP contribution < -0.4 is 10.6 Å². The fourth-order valence-corrected chi connectivity index (χ4v) is 4.71. The van der Waals surface area contributed by atoms with Crippen molar-refractivity contribution in [3.05, 3.63) is 40.3 Å². The van der Waals surface area contributed by atoms with Crippen LogP contribution in [0.1, 0.15) is 25.8 Å². The molecule has 8 nitrogen and oxygen atoms in total. The number of carbonyl (C=O) groups excluding carboxylic acids is 1. The van der Waals surface area contributed by atoms with E-state index in [0.29, 0.717) is 30.9 Å². The van der Waals surface area contributed by atoms with E-state index >= 15 is 0 Å². The van der Waals surface area contributed by atoms with Crippen LogP contribution in [0.15, 0.2) is 34.1 Å². The van der Waals surface area contributed by atoms with Gasteiger partial charge in [-0.25, -0.2) is 14.0 Å². The maximum atomic E-state index is 13.1. The Balaban J connectivity index is 1.51. The number of amides is 1. The minimum absolute atomic E-state index is 0.0270. The Kier molecular flexibility index (Phi) is 3.89. The molecule has 28 heavy (non-hydrogen) atoms. The maximum absolute atomic E-state index is 13.1. The van der Waals surface area contributed by atoms with Crippen molar-refractivity contribution in [3.8, 4) is 5.69 Å². The lowest BCUT2D eigenvalue weighted by Crippen LogP contribution is -2.45. The molecule has 5 rings (SSSR count). The number of aromatic nitrogens is 3. The molecule has 1 aromatic heterocycles. The molecule has 0 spiro atoms. The summed E-state index contributed by atoms with van der Waals surface area (Å²) in [5.41, 5.74) is 1.43. The normalized spacial score (nSPS) is 23.1. The Morgan fingerprint density at radius 3 is 2.71 bits per heavy atom. The first kappa shape index (κ1) is 17.2. The van der Waals surface area contributed by atoms with Crippen molar-refractivity contribution in [2.75, 3.05) is 31.1 Å². The number of para-hydroxylation sites is 1. The van der Waals surface area contributed by atoms with Crippen molar-refractivity contribution in [1.82, 2.24) is 19.2 Å². The van der Waals surface area contributed by atoms with Crippen molar-refractivity contribution < 1.29 is 4.79 Å². The third-order valence-electron chi connectivity index (χ3n) is 5.80. The van der Waals surface area contributed by atoms with Gasteiger partial charge >= 0.3 is 5.69 Å².